The summed E-state index contributed by atoms with van der Waals surface area (Å²) in [5.74, 6) is -2.35. The van der Waals surface area contributed by atoms with Gasteiger partial charge in [-0.15, -0.1) is 0 Å². The predicted molar refractivity (Wildman–Crippen MR) is 97.5 cm³/mol. The summed E-state index contributed by atoms with van der Waals surface area (Å²) in [6.45, 7) is 0. The van der Waals surface area contributed by atoms with Crippen molar-refractivity contribution in [3.63, 3.8) is 0 Å². The number of nitrogens with zero attached hydrogens (tertiary/aromatic N) is 4. The quantitative estimate of drug-likeness (QED) is 0.536. The molecule has 2 aromatic carbocycles. The Bertz CT molecular complexity index is 1190. The molecule has 140 valence electrons. The number of halogens is 3. The Balaban J connectivity index is 1.88. The molecule has 28 heavy (non-hydrogen) atoms. The average molecular weight is 382 g/mol. The third-order valence-electron chi connectivity index (χ3n) is 4.30. The van der Waals surface area contributed by atoms with Crippen LogP contribution < -0.4 is 4.90 Å². The Labute approximate surface area is 157 Å². The second kappa shape index (κ2) is 6.80. The zero-order valence-electron chi connectivity index (χ0n) is 14.6. The molecule has 0 fully saturated rings. The van der Waals surface area contributed by atoms with E-state index >= 15 is 0 Å². The summed E-state index contributed by atoms with van der Waals surface area (Å²) in [5, 5.41) is 0. The highest BCUT2D eigenvalue weighted by molar-refractivity contribution is 6.08. The van der Waals surface area contributed by atoms with Crippen molar-refractivity contribution in [2.45, 2.75) is 0 Å². The number of imidazole rings is 1. The molecule has 0 spiro atoms. The second-order valence-electron chi connectivity index (χ2n) is 6.07. The molecule has 8 heteroatoms. The van der Waals surface area contributed by atoms with E-state index in [-0.39, 0.29) is 22.9 Å². The van der Waals surface area contributed by atoms with E-state index < -0.39 is 23.4 Å². The van der Waals surface area contributed by atoms with Crippen LogP contribution in [-0.4, -0.2) is 27.3 Å². The minimum atomic E-state index is -0.869. The Morgan fingerprint density at radius 1 is 1.04 bits per heavy atom. The van der Waals surface area contributed by atoms with Crippen LogP contribution in [0.1, 0.15) is 10.5 Å². The number of amides is 1. The van der Waals surface area contributed by atoms with E-state index in [1.807, 2.05) is 0 Å². The van der Waals surface area contributed by atoms with Crippen LogP contribution in [0.3, 0.4) is 0 Å². The zero-order valence-corrected chi connectivity index (χ0v) is 14.6. The molecular formula is C20H13F3N4O. The highest BCUT2D eigenvalue weighted by atomic mass is 19.1. The maximum atomic E-state index is 14.2. The maximum Gasteiger partial charge on any atom is 0.277 e. The molecule has 0 radical (unpaired) electrons. The van der Waals surface area contributed by atoms with Gasteiger partial charge in [0.25, 0.3) is 5.91 Å². The van der Waals surface area contributed by atoms with E-state index in [4.69, 9.17) is 0 Å². The van der Waals surface area contributed by atoms with Gasteiger partial charge in [-0.25, -0.2) is 23.1 Å². The second-order valence-corrected chi connectivity index (χ2v) is 6.07. The van der Waals surface area contributed by atoms with Crippen molar-refractivity contribution in [1.82, 2.24) is 14.4 Å². The molecule has 1 amide bonds. The van der Waals surface area contributed by atoms with Gasteiger partial charge in [0.05, 0.1) is 5.69 Å². The van der Waals surface area contributed by atoms with Crippen molar-refractivity contribution in [1.29, 1.82) is 0 Å². The lowest BCUT2D eigenvalue weighted by atomic mass is 10.1. The van der Waals surface area contributed by atoms with E-state index in [1.165, 1.54) is 48.0 Å². The predicted octanol–water partition coefficient (Wildman–Crippen LogP) is 4.09. The first-order chi connectivity index (χ1) is 13.5. The van der Waals surface area contributed by atoms with Crippen LogP contribution in [-0.2, 0) is 0 Å². The molecule has 0 saturated carbocycles. The summed E-state index contributed by atoms with van der Waals surface area (Å²) in [6.07, 6.45) is 3.12. The number of hydrogen-bond acceptors (Lipinski definition) is 3. The third-order valence-corrected chi connectivity index (χ3v) is 4.30. The summed E-state index contributed by atoms with van der Waals surface area (Å²) >= 11 is 0. The molecule has 0 N–H and O–H groups in total. The summed E-state index contributed by atoms with van der Waals surface area (Å²) in [5.41, 5.74) is 0.817. The van der Waals surface area contributed by atoms with Crippen LogP contribution in [0.4, 0.5) is 18.9 Å². The lowest BCUT2D eigenvalue weighted by Crippen LogP contribution is -2.28. The molecule has 2 heterocycles. The molecule has 4 rings (SSSR count). The van der Waals surface area contributed by atoms with Crippen LogP contribution in [0.15, 0.2) is 60.9 Å². The van der Waals surface area contributed by atoms with Crippen LogP contribution in [0, 0.1) is 17.5 Å². The Hall–Kier alpha value is -3.68. The molecule has 4 aromatic rings. The number of rotatable bonds is 3. The Morgan fingerprint density at radius 3 is 2.46 bits per heavy atom. The van der Waals surface area contributed by atoms with Crippen molar-refractivity contribution in [3.05, 3.63) is 84.1 Å². The molecular weight excluding hydrogens is 369 g/mol. The summed E-state index contributed by atoms with van der Waals surface area (Å²) < 4.78 is 42.2. The fraction of sp³-hybridized carbons (Fsp3) is 0.0500. The molecule has 0 aliphatic heterocycles. The normalized spacial score (nSPS) is 11.0. The van der Waals surface area contributed by atoms with Crippen molar-refractivity contribution in [3.8, 4) is 11.3 Å². The monoisotopic (exact) mass is 382 g/mol. The van der Waals surface area contributed by atoms with E-state index in [0.29, 0.717) is 11.6 Å². The zero-order chi connectivity index (χ0) is 19.8. The molecule has 2 aromatic heterocycles. The number of hydrogen-bond donors (Lipinski definition) is 0. The van der Waals surface area contributed by atoms with Crippen molar-refractivity contribution < 1.29 is 18.0 Å². The fourth-order valence-corrected chi connectivity index (χ4v) is 2.92. The van der Waals surface area contributed by atoms with Crippen LogP contribution >= 0.6 is 0 Å². The number of carbonyl (C=O) groups excluding carboxylic acids is 1. The van der Waals surface area contributed by atoms with E-state index in [9.17, 15) is 18.0 Å². The smallest absolute Gasteiger partial charge is 0.277 e. The molecule has 0 aliphatic rings. The van der Waals surface area contributed by atoms with Gasteiger partial charge >= 0.3 is 0 Å². The molecule has 0 bridgehead atoms. The largest absolute Gasteiger partial charge is 0.307 e. The van der Waals surface area contributed by atoms with Gasteiger partial charge in [-0.2, -0.15) is 0 Å². The molecule has 0 unspecified atom stereocenters. The number of fused-ring (bicyclic) bond motifs is 1. The van der Waals surface area contributed by atoms with Gasteiger partial charge in [-0.3, -0.25) is 9.20 Å². The topological polar surface area (TPSA) is 50.5 Å². The van der Waals surface area contributed by atoms with Crippen molar-refractivity contribution in [2.24, 2.45) is 0 Å². The molecule has 5 nitrogen and oxygen atoms in total. The summed E-state index contributed by atoms with van der Waals surface area (Å²) in [7, 11) is 1.38. The highest BCUT2D eigenvalue weighted by Gasteiger charge is 2.26. The van der Waals surface area contributed by atoms with Gasteiger partial charge in [0.2, 0.25) is 5.78 Å². The first kappa shape index (κ1) is 17.7. The third kappa shape index (κ3) is 2.98. The minimum Gasteiger partial charge on any atom is -0.307 e. The summed E-state index contributed by atoms with van der Waals surface area (Å²) in [4.78, 5) is 22.8. The Kier molecular flexibility index (Phi) is 4.31. The fourth-order valence-electron chi connectivity index (χ4n) is 2.92. The van der Waals surface area contributed by atoms with Gasteiger partial charge in [0.15, 0.2) is 0 Å². The van der Waals surface area contributed by atoms with Gasteiger partial charge in [-0.05, 0) is 42.5 Å². The number of aromatic nitrogens is 3. The van der Waals surface area contributed by atoms with Crippen LogP contribution in [0.25, 0.3) is 17.0 Å². The first-order valence-electron chi connectivity index (χ1n) is 8.28. The lowest BCUT2D eigenvalue weighted by molar-refractivity contribution is 0.0987. The molecule has 0 aliphatic carbocycles. The van der Waals surface area contributed by atoms with Crippen LogP contribution in [0.2, 0.25) is 0 Å². The molecule has 0 atom stereocenters. The van der Waals surface area contributed by atoms with E-state index in [1.54, 1.807) is 12.3 Å². The number of carbonyl (C=O) groups is 1. The van der Waals surface area contributed by atoms with Gasteiger partial charge in [0, 0.05) is 31.1 Å². The van der Waals surface area contributed by atoms with Gasteiger partial charge < -0.3 is 4.90 Å². The van der Waals surface area contributed by atoms with Crippen molar-refractivity contribution >= 4 is 17.4 Å². The minimum absolute atomic E-state index is 0.0877. The van der Waals surface area contributed by atoms with Crippen molar-refractivity contribution in [2.75, 3.05) is 11.9 Å². The van der Waals surface area contributed by atoms with Crippen LogP contribution in [0.5, 0.6) is 0 Å². The van der Waals surface area contributed by atoms with E-state index in [0.717, 1.165) is 11.0 Å². The standard InChI is InChI=1S/C20H13F3N4O/c1-26(16-8-7-14(22)11-15(16)23)19(28)18-17(12-3-5-13(21)6-4-12)25-20-24-9-2-10-27(18)20/h2-11H,1H3. The average Bonchev–Trinajstić information content (AvgIpc) is 3.07. The SMILES string of the molecule is CN(C(=O)c1c(-c2ccc(F)cc2)nc2ncccn12)c1ccc(F)cc1F. The Morgan fingerprint density at radius 2 is 1.75 bits per heavy atom. The summed E-state index contributed by atoms with van der Waals surface area (Å²) in [6, 6.07) is 10.1. The molecule has 0 saturated heterocycles. The first-order valence-corrected chi connectivity index (χ1v) is 8.28. The number of anilines is 1. The highest BCUT2D eigenvalue weighted by Crippen LogP contribution is 2.27. The van der Waals surface area contributed by atoms with Gasteiger partial charge in [0.1, 0.15) is 28.8 Å². The van der Waals surface area contributed by atoms with E-state index in [2.05, 4.69) is 9.97 Å². The lowest BCUT2D eigenvalue weighted by Gasteiger charge is -2.18. The van der Waals surface area contributed by atoms with Gasteiger partial charge in [-0.1, -0.05) is 0 Å². The number of benzene rings is 2. The maximum absolute atomic E-state index is 14.2.